The number of alkyl carbamates (subject to hydrolysis) is 1. The summed E-state index contributed by atoms with van der Waals surface area (Å²) in [6, 6.07) is 4.77. The third kappa shape index (κ3) is 7.59. The van der Waals surface area contributed by atoms with Crippen LogP contribution in [0.4, 0.5) is 4.79 Å². The zero-order valence-electron chi connectivity index (χ0n) is 27.7. The van der Waals surface area contributed by atoms with Crippen LogP contribution >= 0.6 is 11.6 Å². The molecule has 2 heterocycles. The van der Waals surface area contributed by atoms with Crippen LogP contribution in [0.3, 0.4) is 0 Å². The van der Waals surface area contributed by atoms with Crippen LogP contribution < -0.4 is 20.1 Å². The van der Waals surface area contributed by atoms with Crippen LogP contribution in [0.15, 0.2) is 24.3 Å². The maximum atomic E-state index is 14.3. The Bertz CT molecular complexity index is 1500. The van der Waals surface area contributed by atoms with Gasteiger partial charge in [-0.3, -0.25) is 9.59 Å². The lowest BCUT2D eigenvalue weighted by Gasteiger charge is -2.35. The van der Waals surface area contributed by atoms with Crippen molar-refractivity contribution in [2.75, 3.05) is 13.2 Å². The number of nitrogens with zero attached hydrogens (tertiary/aromatic N) is 2. The summed E-state index contributed by atoms with van der Waals surface area (Å²) >= 11 is 6.45. The van der Waals surface area contributed by atoms with Crippen LogP contribution in [-0.4, -0.2) is 81.3 Å². The molecule has 3 N–H and O–H groups in total. The lowest BCUT2D eigenvalue weighted by Crippen LogP contribution is -2.59. The smallest absolute Gasteiger partial charge is 0.408 e. The highest BCUT2D eigenvalue weighted by Crippen LogP contribution is 2.46. The number of rotatable bonds is 10. The van der Waals surface area contributed by atoms with E-state index in [0.717, 1.165) is 0 Å². The molecule has 252 valence electrons. The molecule has 1 aromatic carbocycles. The fourth-order valence-electron chi connectivity index (χ4n) is 5.87. The van der Waals surface area contributed by atoms with E-state index in [1.807, 2.05) is 13.8 Å². The van der Waals surface area contributed by atoms with Crippen molar-refractivity contribution >= 4 is 46.4 Å². The molecule has 0 spiro atoms. The maximum Gasteiger partial charge on any atom is 0.408 e. The molecule has 1 aliphatic heterocycles. The van der Waals surface area contributed by atoms with Gasteiger partial charge in [0.25, 0.3) is 0 Å². The number of fused-ring (bicyclic) bond motifs is 1. The summed E-state index contributed by atoms with van der Waals surface area (Å²) in [5.41, 5.74) is -2.48. The van der Waals surface area contributed by atoms with Gasteiger partial charge in [0.05, 0.1) is 23.7 Å². The Morgan fingerprint density at radius 3 is 2.41 bits per heavy atom. The van der Waals surface area contributed by atoms with Crippen LogP contribution in [0, 0.1) is 11.3 Å². The number of aliphatic carboxylic acids is 1. The molecule has 1 saturated heterocycles. The molecule has 0 bridgehead atoms. The van der Waals surface area contributed by atoms with E-state index in [0.29, 0.717) is 47.0 Å². The number of hydrogen-bond donors (Lipinski definition) is 3. The third-order valence-electron chi connectivity index (χ3n) is 8.26. The van der Waals surface area contributed by atoms with E-state index in [-0.39, 0.29) is 18.9 Å². The number of benzene rings is 1. The average molecular weight is 661 g/mol. The first kappa shape index (κ1) is 35.1. The van der Waals surface area contributed by atoms with E-state index in [2.05, 4.69) is 15.6 Å². The van der Waals surface area contributed by atoms with Crippen molar-refractivity contribution in [3.8, 4) is 11.6 Å². The van der Waals surface area contributed by atoms with Crippen molar-refractivity contribution in [2.45, 2.75) is 104 Å². The lowest BCUT2D eigenvalue weighted by molar-refractivity contribution is -0.146. The standard InChI is InChI=1S/C33H45ClN4O8/c1-9-18-16-33(18,29(41)42)37-27(39)22-14-19(45-23-15-24(44-10-2)35-25-20(23)12-11-13-21(25)34)17-38(22)28(40)26(31(3,4)5)36-30(43)46-32(6,7)8/h11-13,15,18-19,22,26H,9-10,14,16-17H2,1-8H3,(H,36,43)(H,37,39)(H,41,42). The number of nitrogens with one attached hydrogen (secondary N) is 2. The summed E-state index contributed by atoms with van der Waals surface area (Å²) in [6.07, 6.45) is -0.493. The number of carbonyl (C=O) groups excluding carboxylic acids is 3. The second-order valence-electron chi connectivity index (χ2n) is 14.0. The molecule has 3 amide bonds. The normalized spacial score (nSPS) is 23.4. The van der Waals surface area contributed by atoms with E-state index in [1.54, 1.807) is 65.8 Å². The van der Waals surface area contributed by atoms with E-state index in [9.17, 15) is 24.3 Å². The van der Waals surface area contributed by atoms with Gasteiger partial charge in [0, 0.05) is 17.9 Å². The first-order valence-corrected chi connectivity index (χ1v) is 16.0. The van der Waals surface area contributed by atoms with Gasteiger partial charge in [-0.15, -0.1) is 0 Å². The number of hydrogen-bond acceptors (Lipinski definition) is 8. The number of carbonyl (C=O) groups is 4. The van der Waals surface area contributed by atoms with E-state index in [1.165, 1.54) is 4.90 Å². The summed E-state index contributed by atoms with van der Waals surface area (Å²) in [6.45, 7) is 14.6. The number of para-hydroxylation sites is 1. The second kappa shape index (κ2) is 13.1. The van der Waals surface area contributed by atoms with Crippen molar-refractivity contribution in [1.82, 2.24) is 20.5 Å². The van der Waals surface area contributed by atoms with Gasteiger partial charge in [0.15, 0.2) is 0 Å². The Labute approximate surface area is 274 Å². The molecule has 2 aliphatic rings. The Morgan fingerprint density at radius 2 is 1.85 bits per heavy atom. The van der Waals surface area contributed by atoms with Crippen molar-refractivity contribution in [2.24, 2.45) is 11.3 Å². The lowest BCUT2D eigenvalue weighted by atomic mass is 9.85. The summed E-state index contributed by atoms with van der Waals surface area (Å²) in [5, 5.41) is 16.5. The Morgan fingerprint density at radius 1 is 1.15 bits per heavy atom. The summed E-state index contributed by atoms with van der Waals surface area (Å²) in [5.74, 6) is -1.74. The van der Waals surface area contributed by atoms with Crippen molar-refractivity contribution in [3.05, 3.63) is 29.3 Å². The molecular formula is C33H45ClN4O8. The first-order chi connectivity index (χ1) is 21.4. The fourth-order valence-corrected chi connectivity index (χ4v) is 6.08. The van der Waals surface area contributed by atoms with Gasteiger partial charge in [0.2, 0.25) is 17.7 Å². The van der Waals surface area contributed by atoms with Gasteiger partial charge in [-0.05, 0) is 57.6 Å². The topological polar surface area (TPSA) is 156 Å². The second-order valence-corrected chi connectivity index (χ2v) is 14.4. The first-order valence-electron chi connectivity index (χ1n) is 15.6. The number of amides is 3. The van der Waals surface area contributed by atoms with E-state index in [4.69, 9.17) is 25.8 Å². The zero-order valence-corrected chi connectivity index (χ0v) is 28.5. The van der Waals surface area contributed by atoms with Crippen molar-refractivity contribution < 1.29 is 38.5 Å². The van der Waals surface area contributed by atoms with Crippen LogP contribution in [0.5, 0.6) is 11.6 Å². The third-order valence-corrected chi connectivity index (χ3v) is 8.57. The molecule has 2 fully saturated rings. The number of halogens is 1. The number of likely N-dealkylation sites (tertiary alicyclic amines) is 1. The Hall–Kier alpha value is -3.80. The predicted molar refractivity (Wildman–Crippen MR) is 172 cm³/mol. The van der Waals surface area contributed by atoms with Crippen LogP contribution in [0.25, 0.3) is 10.9 Å². The molecule has 5 atom stereocenters. The van der Waals surface area contributed by atoms with Crippen LogP contribution in [0.2, 0.25) is 5.02 Å². The van der Waals surface area contributed by atoms with Gasteiger partial charge in [-0.2, -0.15) is 0 Å². The van der Waals surface area contributed by atoms with Crippen LogP contribution in [-0.2, 0) is 19.1 Å². The minimum atomic E-state index is -1.39. The molecule has 5 unspecified atom stereocenters. The number of carboxylic acid groups (broad SMARTS) is 1. The van der Waals surface area contributed by atoms with Crippen molar-refractivity contribution in [3.63, 3.8) is 0 Å². The largest absolute Gasteiger partial charge is 0.488 e. The molecular weight excluding hydrogens is 616 g/mol. The minimum Gasteiger partial charge on any atom is -0.488 e. The predicted octanol–water partition coefficient (Wildman–Crippen LogP) is 4.94. The zero-order chi connectivity index (χ0) is 34.2. The van der Waals surface area contributed by atoms with Gasteiger partial charge in [-0.25, -0.2) is 14.6 Å². The van der Waals surface area contributed by atoms with Crippen molar-refractivity contribution in [1.29, 1.82) is 0 Å². The molecule has 4 rings (SSSR count). The van der Waals surface area contributed by atoms with Gasteiger partial charge in [0.1, 0.15) is 35.1 Å². The summed E-state index contributed by atoms with van der Waals surface area (Å²) < 4.78 is 17.5. The molecule has 1 saturated carbocycles. The summed E-state index contributed by atoms with van der Waals surface area (Å²) in [7, 11) is 0. The van der Waals surface area contributed by atoms with E-state index < -0.39 is 58.6 Å². The molecule has 0 radical (unpaired) electrons. The fraction of sp³-hybridized carbons (Fsp3) is 0.606. The Kier molecular flexibility index (Phi) is 10.0. The maximum absolute atomic E-state index is 14.3. The monoisotopic (exact) mass is 660 g/mol. The van der Waals surface area contributed by atoms with Gasteiger partial charge >= 0.3 is 12.1 Å². The molecule has 1 aromatic heterocycles. The van der Waals surface area contributed by atoms with Gasteiger partial charge in [-0.1, -0.05) is 51.8 Å². The molecule has 12 nitrogen and oxygen atoms in total. The molecule has 13 heteroatoms. The number of ether oxygens (including phenoxy) is 3. The average Bonchev–Trinajstić information content (AvgIpc) is 3.50. The summed E-state index contributed by atoms with van der Waals surface area (Å²) in [4.78, 5) is 59.1. The minimum absolute atomic E-state index is 0.00880. The Balaban J connectivity index is 1.69. The van der Waals surface area contributed by atoms with Gasteiger partial charge < -0.3 is 34.9 Å². The SMILES string of the molecule is CCOc1cc(OC2CC(C(=O)NC3(C(=O)O)CC3CC)N(C(=O)C(NC(=O)OC(C)(C)C)C(C)(C)C)C2)c2cccc(Cl)c2n1. The van der Waals surface area contributed by atoms with Crippen LogP contribution in [0.1, 0.15) is 74.7 Å². The number of carboxylic acids is 1. The van der Waals surface area contributed by atoms with E-state index >= 15 is 0 Å². The highest BCUT2D eigenvalue weighted by atomic mass is 35.5. The molecule has 2 aromatic rings. The molecule has 46 heavy (non-hydrogen) atoms. The number of pyridine rings is 1. The highest BCUT2D eigenvalue weighted by molar-refractivity contribution is 6.35. The quantitative estimate of drug-likeness (QED) is 0.321. The highest BCUT2D eigenvalue weighted by Gasteiger charge is 2.61. The number of aromatic nitrogens is 1. The molecule has 1 aliphatic carbocycles.